The Hall–Kier alpha value is -3.34. The van der Waals surface area contributed by atoms with Crippen molar-refractivity contribution in [3.8, 4) is 0 Å². The zero-order valence-electron chi connectivity index (χ0n) is 17.1. The van der Waals surface area contributed by atoms with Crippen LogP contribution in [0.1, 0.15) is 50.2 Å². The number of carbonyl (C=O) groups excluding carboxylic acids is 2. The van der Waals surface area contributed by atoms with Gasteiger partial charge in [-0.2, -0.15) is 0 Å². The number of esters is 1. The van der Waals surface area contributed by atoms with Crippen molar-refractivity contribution >= 4 is 11.9 Å². The van der Waals surface area contributed by atoms with Crippen LogP contribution in [0, 0.1) is 13.8 Å². The van der Waals surface area contributed by atoms with E-state index in [0.717, 1.165) is 16.8 Å². The average molecular weight is 390 g/mol. The summed E-state index contributed by atoms with van der Waals surface area (Å²) >= 11 is 0. The predicted octanol–water partition coefficient (Wildman–Crippen LogP) is 4.26. The van der Waals surface area contributed by atoms with E-state index in [0.29, 0.717) is 29.9 Å². The Kier molecular flexibility index (Phi) is 6.50. The highest BCUT2D eigenvalue weighted by atomic mass is 16.5. The maximum atomic E-state index is 13.0. The third-order valence-electron chi connectivity index (χ3n) is 4.94. The van der Waals surface area contributed by atoms with Gasteiger partial charge in [0.15, 0.2) is 0 Å². The fourth-order valence-electron chi connectivity index (χ4n) is 3.52. The second-order valence-corrected chi connectivity index (χ2v) is 6.89. The smallest absolute Gasteiger partial charge is 0.355 e. The molecule has 0 saturated carbocycles. The van der Waals surface area contributed by atoms with Crippen LogP contribution in [0.15, 0.2) is 60.7 Å². The maximum absolute atomic E-state index is 13.0. The van der Waals surface area contributed by atoms with Gasteiger partial charge in [0.2, 0.25) is 0 Å². The Morgan fingerprint density at radius 2 is 1.52 bits per heavy atom. The number of aromatic nitrogens is 1. The van der Waals surface area contributed by atoms with Gasteiger partial charge in [0.1, 0.15) is 5.69 Å². The molecule has 2 aromatic carbocycles. The van der Waals surface area contributed by atoms with Crippen LogP contribution in [0.2, 0.25) is 0 Å². The zero-order valence-corrected chi connectivity index (χ0v) is 17.1. The molecule has 1 aromatic heterocycles. The van der Waals surface area contributed by atoms with Gasteiger partial charge >= 0.3 is 5.97 Å². The van der Waals surface area contributed by atoms with Crippen LogP contribution in [0.5, 0.6) is 0 Å². The lowest BCUT2D eigenvalue weighted by Gasteiger charge is -2.12. The highest BCUT2D eigenvalue weighted by Gasteiger charge is 2.27. The van der Waals surface area contributed by atoms with E-state index in [2.05, 4.69) is 5.32 Å². The zero-order chi connectivity index (χ0) is 20.8. The van der Waals surface area contributed by atoms with Crippen molar-refractivity contribution in [3.05, 3.63) is 94.3 Å². The molecule has 0 unspecified atom stereocenters. The SMILES string of the molecule is CCOC(=O)c1c(C)c(C(=O)NCc2ccccc2)c(C)n1Cc1ccccc1. The van der Waals surface area contributed by atoms with Gasteiger partial charge in [-0.15, -0.1) is 0 Å². The number of rotatable bonds is 7. The van der Waals surface area contributed by atoms with E-state index >= 15 is 0 Å². The summed E-state index contributed by atoms with van der Waals surface area (Å²) in [5.41, 5.74) is 4.42. The van der Waals surface area contributed by atoms with Crippen LogP contribution in [0.4, 0.5) is 0 Å². The molecule has 1 N–H and O–H groups in total. The lowest BCUT2D eigenvalue weighted by atomic mass is 10.1. The molecule has 0 atom stereocenters. The Labute approximate surface area is 171 Å². The van der Waals surface area contributed by atoms with Crippen molar-refractivity contribution in [3.63, 3.8) is 0 Å². The van der Waals surface area contributed by atoms with Gasteiger partial charge < -0.3 is 14.6 Å². The fourth-order valence-corrected chi connectivity index (χ4v) is 3.52. The number of nitrogens with zero attached hydrogens (tertiary/aromatic N) is 1. The molecule has 0 saturated heterocycles. The summed E-state index contributed by atoms with van der Waals surface area (Å²) in [6.07, 6.45) is 0. The van der Waals surface area contributed by atoms with E-state index in [4.69, 9.17) is 4.74 Å². The number of hydrogen-bond acceptors (Lipinski definition) is 3. The van der Waals surface area contributed by atoms with E-state index in [1.807, 2.05) is 72.2 Å². The lowest BCUT2D eigenvalue weighted by Crippen LogP contribution is -2.24. The molecule has 0 radical (unpaired) electrons. The summed E-state index contributed by atoms with van der Waals surface area (Å²) in [6, 6.07) is 19.6. The first kappa shape index (κ1) is 20.4. The Balaban J connectivity index is 1.95. The van der Waals surface area contributed by atoms with Crippen LogP contribution in [-0.4, -0.2) is 23.1 Å². The third kappa shape index (κ3) is 4.57. The molecule has 0 fully saturated rings. The van der Waals surface area contributed by atoms with Crippen molar-refractivity contribution in [1.29, 1.82) is 0 Å². The van der Waals surface area contributed by atoms with E-state index < -0.39 is 5.97 Å². The molecule has 5 heteroatoms. The Morgan fingerprint density at radius 3 is 2.10 bits per heavy atom. The fraction of sp³-hybridized carbons (Fsp3) is 0.250. The van der Waals surface area contributed by atoms with Crippen LogP contribution in [-0.2, 0) is 17.8 Å². The molecule has 3 aromatic rings. The lowest BCUT2D eigenvalue weighted by molar-refractivity contribution is 0.0513. The van der Waals surface area contributed by atoms with Crippen molar-refractivity contribution in [2.45, 2.75) is 33.9 Å². The van der Waals surface area contributed by atoms with Crippen molar-refractivity contribution in [1.82, 2.24) is 9.88 Å². The van der Waals surface area contributed by atoms with Crippen LogP contribution < -0.4 is 5.32 Å². The van der Waals surface area contributed by atoms with Crippen LogP contribution in [0.25, 0.3) is 0 Å². The minimum atomic E-state index is -0.411. The van der Waals surface area contributed by atoms with E-state index in [1.54, 1.807) is 13.8 Å². The van der Waals surface area contributed by atoms with E-state index in [-0.39, 0.29) is 12.5 Å². The summed E-state index contributed by atoms with van der Waals surface area (Å²) < 4.78 is 7.15. The summed E-state index contributed by atoms with van der Waals surface area (Å²) in [5, 5.41) is 2.97. The predicted molar refractivity (Wildman–Crippen MR) is 113 cm³/mol. The second-order valence-electron chi connectivity index (χ2n) is 6.89. The number of ether oxygens (including phenoxy) is 1. The number of benzene rings is 2. The molecule has 3 rings (SSSR count). The molecule has 5 nitrogen and oxygen atoms in total. The average Bonchev–Trinajstić information content (AvgIpc) is 2.97. The number of nitrogens with one attached hydrogen (secondary N) is 1. The van der Waals surface area contributed by atoms with Gasteiger partial charge in [0.25, 0.3) is 5.91 Å². The first-order valence-corrected chi connectivity index (χ1v) is 9.75. The minimum Gasteiger partial charge on any atom is -0.461 e. The highest BCUT2D eigenvalue weighted by Crippen LogP contribution is 2.24. The third-order valence-corrected chi connectivity index (χ3v) is 4.94. The first-order valence-electron chi connectivity index (χ1n) is 9.75. The van der Waals surface area contributed by atoms with Gasteiger partial charge in [-0.05, 0) is 37.5 Å². The van der Waals surface area contributed by atoms with Crippen molar-refractivity contribution in [2.75, 3.05) is 6.61 Å². The summed E-state index contributed by atoms with van der Waals surface area (Å²) in [7, 11) is 0. The summed E-state index contributed by atoms with van der Waals surface area (Å²) in [6.45, 7) is 6.65. The molecule has 0 spiro atoms. The minimum absolute atomic E-state index is 0.193. The molecular formula is C24H26N2O3. The number of amides is 1. The highest BCUT2D eigenvalue weighted by molar-refractivity contribution is 6.01. The quantitative estimate of drug-likeness (QED) is 0.613. The molecule has 0 aliphatic rings. The normalized spacial score (nSPS) is 10.6. The largest absolute Gasteiger partial charge is 0.461 e. The number of hydrogen-bond donors (Lipinski definition) is 1. The van der Waals surface area contributed by atoms with Crippen LogP contribution in [0.3, 0.4) is 0 Å². The monoisotopic (exact) mass is 390 g/mol. The molecule has 1 heterocycles. The molecule has 0 bridgehead atoms. The molecule has 1 amide bonds. The summed E-state index contributed by atoms with van der Waals surface area (Å²) in [4.78, 5) is 25.7. The van der Waals surface area contributed by atoms with Crippen molar-refractivity contribution < 1.29 is 14.3 Å². The van der Waals surface area contributed by atoms with Gasteiger partial charge in [0.05, 0.1) is 12.2 Å². The van der Waals surface area contributed by atoms with Crippen molar-refractivity contribution in [2.24, 2.45) is 0 Å². The first-order chi connectivity index (χ1) is 14.0. The van der Waals surface area contributed by atoms with Crippen LogP contribution >= 0.6 is 0 Å². The van der Waals surface area contributed by atoms with Gasteiger partial charge in [-0.1, -0.05) is 60.7 Å². The molecule has 29 heavy (non-hydrogen) atoms. The Bertz CT molecular complexity index is 992. The van der Waals surface area contributed by atoms with E-state index in [1.165, 1.54) is 0 Å². The molecule has 0 aliphatic heterocycles. The second kappa shape index (κ2) is 9.24. The summed E-state index contributed by atoms with van der Waals surface area (Å²) in [5.74, 6) is -0.604. The molecule has 150 valence electrons. The van der Waals surface area contributed by atoms with Gasteiger partial charge in [-0.25, -0.2) is 4.79 Å². The molecule has 0 aliphatic carbocycles. The van der Waals surface area contributed by atoms with E-state index in [9.17, 15) is 9.59 Å². The maximum Gasteiger partial charge on any atom is 0.355 e. The standard InChI is InChI=1S/C24H26N2O3/c1-4-29-24(28)22-17(2)21(23(27)25-15-19-11-7-5-8-12-19)18(3)26(22)16-20-13-9-6-10-14-20/h5-14H,4,15-16H2,1-3H3,(H,25,27). The topological polar surface area (TPSA) is 60.3 Å². The van der Waals surface area contributed by atoms with Gasteiger partial charge in [0, 0.05) is 18.8 Å². The molecular weight excluding hydrogens is 364 g/mol. The Morgan fingerprint density at radius 1 is 0.931 bits per heavy atom. The van der Waals surface area contributed by atoms with Gasteiger partial charge in [-0.3, -0.25) is 4.79 Å². The number of carbonyl (C=O) groups is 2.